The molecule has 1 aromatic rings. The van der Waals surface area contributed by atoms with Crippen LogP contribution in [0.3, 0.4) is 0 Å². The van der Waals surface area contributed by atoms with Gasteiger partial charge < -0.3 is 0 Å². The average Bonchev–Trinajstić information content (AvgIpc) is 2.72. The Bertz CT molecular complexity index is 589. The lowest BCUT2D eigenvalue weighted by Gasteiger charge is -2.14. The van der Waals surface area contributed by atoms with Gasteiger partial charge in [0.15, 0.2) is 5.78 Å². The molecule has 0 bridgehead atoms. The molecule has 2 atom stereocenters. The van der Waals surface area contributed by atoms with Gasteiger partial charge >= 0.3 is 0 Å². The molecule has 0 spiro atoms. The molecule has 1 heterocycles. The van der Waals surface area contributed by atoms with Gasteiger partial charge in [0.2, 0.25) is 11.8 Å². The Hall–Kier alpha value is -2.23. The van der Waals surface area contributed by atoms with Crippen LogP contribution in [0.1, 0.15) is 30.1 Å². The molecule has 2 amide bonds. The minimum atomic E-state index is -0.222. The number of imide groups is 1. The quantitative estimate of drug-likeness (QED) is 0.470. The summed E-state index contributed by atoms with van der Waals surface area (Å²) in [5, 5.41) is 0. The smallest absolute Gasteiger partial charge is 0.238 e. The van der Waals surface area contributed by atoms with Crippen molar-refractivity contribution in [1.82, 2.24) is 0 Å². The van der Waals surface area contributed by atoms with Gasteiger partial charge in [0, 0.05) is 5.56 Å². The van der Waals surface area contributed by atoms with Crippen molar-refractivity contribution in [1.29, 1.82) is 0 Å². The summed E-state index contributed by atoms with van der Waals surface area (Å²) >= 11 is 0. The van der Waals surface area contributed by atoms with Gasteiger partial charge in [-0.2, -0.15) is 0 Å². The largest absolute Gasteiger partial charge is 0.295 e. The maximum absolute atomic E-state index is 12.4. The number of hydrogen-bond acceptors (Lipinski definition) is 3. The van der Waals surface area contributed by atoms with Crippen LogP contribution in [0.5, 0.6) is 0 Å². The van der Waals surface area contributed by atoms with Crippen LogP contribution in [-0.2, 0) is 9.59 Å². The third-order valence-corrected chi connectivity index (χ3v) is 4.04. The zero-order valence-electron chi connectivity index (χ0n) is 11.2. The molecule has 0 aromatic heterocycles. The number of Topliss-reactive ketones (excluding diaryl/α,β-unsaturated/α-hetero) is 1. The molecule has 0 N–H and O–H groups in total. The van der Waals surface area contributed by atoms with E-state index in [1.165, 1.54) is 11.8 Å². The van der Waals surface area contributed by atoms with Crippen LogP contribution in [-0.4, -0.2) is 17.6 Å². The molecule has 4 heteroatoms. The van der Waals surface area contributed by atoms with E-state index in [1.807, 2.05) is 12.2 Å². The minimum Gasteiger partial charge on any atom is -0.295 e. The summed E-state index contributed by atoms with van der Waals surface area (Å²) in [7, 11) is 0. The van der Waals surface area contributed by atoms with Crippen LogP contribution in [0, 0.1) is 11.8 Å². The van der Waals surface area contributed by atoms with Crippen molar-refractivity contribution < 1.29 is 14.4 Å². The van der Waals surface area contributed by atoms with Crippen LogP contribution in [0.2, 0.25) is 0 Å². The van der Waals surface area contributed by atoms with Crippen LogP contribution in [0.4, 0.5) is 5.69 Å². The second kappa shape index (κ2) is 4.71. The fourth-order valence-electron chi connectivity index (χ4n) is 2.90. The number of benzene rings is 1. The first kappa shape index (κ1) is 12.8. The molecule has 1 fully saturated rings. The molecule has 20 heavy (non-hydrogen) atoms. The number of allylic oxidation sites excluding steroid dienone is 2. The summed E-state index contributed by atoms with van der Waals surface area (Å²) in [5.41, 5.74) is 1.13. The second-order valence-electron chi connectivity index (χ2n) is 5.27. The van der Waals surface area contributed by atoms with Gasteiger partial charge in [0.25, 0.3) is 0 Å². The lowest BCUT2D eigenvalue weighted by Crippen LogP contribution is -2.30. The van der Waals surface area contributed by atoms with E-state index in [-0.39, 0.29) is 29.4 Å². The molecule has 1 aliphatic carbocycles. The van der Waals surface area contributed by atoms with E-state index in [4.69, 9.17) is 0 Å². The zero-order chi connectivity index (χ0) is 14.3. The number of rotatable bonds is 2. The van der Waals surface area contributed by atoms with E-state index in [0.29, 0.717) is 24.1 Å². The second-order valence-corrected chi connectivity index (χ2v) is 5.27. The summed E-state index contributed by atoms with van der Waals surface area (Å²) in [6.45, 7) is 1.49. The number of carbonyl (C=O) groups excluding carboxylic acids is 3. The Balaban J connectivity index is 1.92. The number of ketones is 1. The molecule has 4 nitrogen and oxygen atoms in total. The number of nitrogens with zero attached hydrogens (tertiary/aromatic N) is 1. The van der Waals surface area contributed by atoms with E-state index in [0.717, 1.165) is 0 Å². The van der Waals surface area contributed by atoms with Crippen molar-refractivity contribution in [3.05, 3.63) is 42.0 Å². The first-order valence-corrected chi connectivity index (χ1v) is 6.73. The van der Waals surface area contributed by atoms with Gasteiger partial charge in [-0.3, -0.25) is 19.3 Å². The zero-order valence-corrected chi connectivity index (χ0v) is 11.2. The van der Waals surface area contributed by atoms with Crippen LogP contribution in [0.15, 0.2) is 36.4 Å². The van der Waals surface area contributed by atoms with Gasteiger partial charge in [-0.1, -0.05) is 12.2 Å². The summed E-state index contributed by atoms with van der Waals surface area (Å²) in [4.78, 5) is 37.3. The third kappa shape index (κ3) is 1.88. The molecule has 0 saturated carbocycles. The Morgan fingerprint density at radius 2 is 1.50 bits per heavy atom. The predicted octanol–water partition coefficient (Wildman–Crippen LogP) is 2.34. The molecule has 1 aromatic carbocycles. The van der Waals surface area contributed by atoms with Gasteiger partial charge in [-0.25, -0.2) is 0 Å². The van der Waals surface area contributed by atoms with Gasteiger partial charge in [-0.05, 0) is 44.0 Å². The number of hydrogen-bond donors (Lipinski definition) is 0. The summed E-state index contributed by atoms with van der Waals surface area (Å²) in [5.74, 6) is -0.728. The highest BCUT2D eigenvalue weighted by molar-refractivity contribution is 6.22. The number of anilines is 1. The first-order valence-electron chi connectivity index (χ1n) is 6.73. The topological polar surface area (TPSA) is 54.5 Å². The minimum absolute atomic E-state index is 0.0338. The Labute approximate surface area is 117 Å². The monoisotopic (exact) mass is 269 g/mol. The van der Waals surface area contributed by atoms with Crippen molar-refractivity contribution in [2.24, 2.45) is 11.8 Å². The van der Waals surface area contributed by atoms with E-state index >= 15 is 0 Å². The van der Waals surface area contributed by atoms with E-state index in [1.54, 1.807) is 24.3 Å². The Morgan fingerprint density at radius 1 is 1.00 bits per heavy atom. The molecule has 102 valence electrons. The fraction of sp³-hybridized carbons (Fsp3) is 0.312. The molecule has 2 aliphatic rings. The Morgan fingerprint density at radius 3 is 1.95 bits per heavy atom. The Kier molecular flexibility index (Phi) is 3.01. The van der Waals surface area contributed by atoms with Crippen molar-refractivity contribution in [2.75, 3.05) is 4.90 Å². The molecule has 1 aliphatic heterocycles. The van der Waals surface area contributed by atoms with E-state index in [2.05, 4.69) is 0 Å². The standard InChI is InChI=1S/C16H15NO3/c1-10(18)11-6-8-12(9-7-11)17-15(19)13-4-2-3-5-14(13)16(17)20/h2-3,6-9,13-14H,4-5H2,1H3/t13-,14-/m0/s1. The number of carbonyl (C=O) groups is 3. The molecular formula is C16H15NO3. The SMILES string of the molecule is CC(=O)c1ccc(N2C(=O)[C@H]3CC=CC[C@@H]3C2=O)cc1. The van der Waals surface area contributed by atoms with Crippen LogP contribution in [0.25, 0.3) is 0 Å². The first-order chi connectivity index (χ1) is 9.59. The third-order valence-electron chi connectivity index (χ3n) is 4.04. The highest BCUT2D eigenvalue weighted by Gasteiger charge is 2.47. The summed E-state index contributed by atoms with van der Waals surface area (Å²) < 4.78 is 0. The van der Waals surface area contributed by atoms with Crippen LogP contribution >= 0.6 is 0 Å². The normalized spacial score (nSPS) is 24.9. The summed E-state index contributed by atoms with van der Waals surface area (Å²) in [6.07, 6.45) is 5.21. The fourth-order valence-corrected chi connectivity index (χ4v) is 2.90. The lowest BCUT2D eigenvalue weighted by molar-refractivity contribution is -0.122. The molecule has 0 radical (unpaired) electrons. The van der Waals surface area contributed by atoms with Gasteiger partial charge in [0.05, 0.1) is 17.5 Å². The van der Waals surface area contributed by atoms with Crippen molar-refractivity contribution in [2.45, 2.75) is 19.8 Å². The van der Waals surface area contributed by atoms with Crippen molar-refractivity contribution >= 4 is 23.3 Å². The molecule has 3 rings (SSSR count). The van der Waals surface area contributed by atoms with Gasteiger partial charge in [-0.15, -0.1) is 0 Å². The van der Waals surface area contributed by atoms with E-state index in [9.17, 15) is 14.4 Å². The predicted molar refractivity (Wildman–Crippen MR) is 74.3 cm³/mol. The van der Waals surface area contributed by atoms with E-state index < -0.39 is 0 Å². The maximum atomic E-state index is 12.4. The molecular weight excluding hydrogens is 254 g/mol. The maximum Gasteiger partial charge on any atom is 0.238 e. The highest BCUT2D eigenvalue weighted by Crippen LogP contribution is 2.37. The van der Waals surface area contributed by atoms with Gasteiger partial charge in [0.1, 0.15) is 0 Å². The molecule has 0 unspecified atom stereocenters. The average molecular weight is 269 g/mol. The van der Waals surface area contributed by atoms with Crippen molar-refractivity contribution in [3.8, 4) is 0 Å². The van der Waals surface area contributed by atoms with Crippen molar-refractivity contribution in [3.63, 3.8) is 0 Å². The number of amides is 2. The highest BCUT2D eigenvalue weighted by atomic mass is 16.2. The molecule has 1 saturated heterocycles. The summed E-state index contributed by atoms with van der Waals surface area (Å²) in [6, 6.07) is 6.63. The number of fused-ring (bicyclic) bond motifs is 1. The lowest BCUT2D eigenvalue weighted by atomic mass is 9.85. The van der Waals surface area contributed by atoms with Crippen LogP contribution < -0.4 is 4.90 Å².